The van der Waals surface area contributed by atoms with Crippen molar-refractivity contribution in [2.45, 2.75) is 128 Å². The maximum Gasteiger partial charge on any atom is 0.280 e. The number of halogens is 3. The molecule has 1 aliphatic heterocycles. The second kappa shape index (κ2) is 13.7. The van der Waals surface area contributed by atoms with E-state index in [1.54, 1.807) is 24.4 Å². The highest BCUT2D eigenvalue weighted by Gasteiger charge is 2.48. The number of rotatable bonds is 17. The van der Waals surface area contributed by atoms with Gasteiger partial charge in [0.2, 0.25) is 5.95 Å². The van der Waals surface area contributed by atoms with Gasteiger partial charge < -0.3 is 9.47 Å². The van der Waals surface area contributed by atoms with Gasteiger partial charge in [0.25, 0.3) is 5.92 Å². The zero-order valence-corrected chi connectivity index (χ0v) is 24.0. The number of pyridine rings is 2. The number of aryl methyl sites for hydroxylation is 1. The first-order valence-electron chi connectivity index (χ1n) is 15.8. The third-order valence-electron chi connectivity index (χ3n) is 8.97. The van der Waals surface area contributed by atoms with Crippen molar-refractivity contribution in [1.82, 2.24) is 9.97 Å². The summed E-state index contributed by atoms with van der Waals surface area (Å²) in [4.78, 5) is 8.30. The fraction of sp³-hybridized carbons (Fsp3) is 0.697. The molecule has 3 atom stereocenters. The van der Waals surface area contributed by atoms with Crippen molar-refractivity contribution in [2.75, 3.05) is 6.61 Å². The van der Waals surface area contributed by atoms with Gasteiger partial charge in [-0.2, -0.15) is 4.39 Å². The smallest absolute Gasteiger partial charge is 0.280 e. The number of unbranched alkanes of at least 4 members (excludes halogenated alkanes) is 7. The summed E-state index contributed by atoms with van der Waals surface area (Å²) >= 11 is 0. The molecule has 2 aliphatic carbocycles. The molecule has 0 spiro atoms. The minimum Gasteiger partial charge on any atom is -0.489 e. The Morgan fingerprint density at radius 2 is 1.65 bits per heavy atom. The Balaban J connectivity index is 1.09. The Morgan fingerprint density at radius 1 is 0.900 bits per heavy atom. The van der Waals surface area contributed by atoms with Crippen molar-refractivity contribution in [3.05, 3.63) is 41.5 Å². The number of hydrogen-bond acceptors (Lipinski definition) is 4. The summed E-state index contributed by atoms with van der Waals surface area (Å²) in [6.45, 7) is 2.63. The quantitative estimate of drug-likeness (QED) is 0.110. The Kier molecular flexibility index (Phi) is 10.0. The summed E-state index contributed by atoms with van der Waals surface area (Å²) in [5.74, 6) is -3.49. The van der Waals surface area contributed by atoms with Gasteiger partial charge in [-0.15, -0.1) is 0 Å². The van der Waals surface area contributed by atoms with Crippen LogP contribution in [0.4, 0.5) is 13.2 Å². The van der Waals surface area contributed by atoms with E-state index in [9.17, 15) is 0 Å². The molecule has 1 saturated heterocycles. The molecule has 220 valence electrons. The normalized spacial score (nSPS) is 23.1. The van der Waals surface area contributed by atoms with Crippen LogP contribution in [-0.4, -0.2) is 28.8 Å². The van der Waals surface area contributed by atoms with Crippen LogP contribution < -0.4 is 4.74 Å². The lowest BCUT2D eigenvalue weighted by Crippen LogP contribution is -2.33. The number of alkyl halides is 2. The number of aromatic nitrogens is 2. The molecule has 1 saturated carbocycles. The van der Waals surface area contributed by atoms with Crippen molar-refractivity contribution in [3.8, 4) is 17.1 Å². The van der Waals surface area contributed by atoms with Gasteiger partial charge in [-0.3, -0.25) is 4.98 Å². The van der Waals surface area contributed by atoms with Gasteiger partial charge >= 0.3 is 0 Å². The third kappa shape index (κ3) is 7.77. The van der Waals surface area contributed by atoms with Crippen LogP contribution in [0.1, 0.15) is 114 Å². The standard InChI is InChI=1S/C33H45F3N2O2/c1-2-3-13-29-30(40-29)22-39-26-18-19-27(37-21-26)28-20-24-16-17-25(33(35,36)31(24)32(34)38-28)12-10-8-6-4-5-7-9-11-23-14-15-23/h18-21,23,25,29-30H,2-17,22H2,1H3. The topological polar surface area (TPSA) is 47.5 Å². The minimum atomic E-state index is -3.20. The predicted octanol–water partition coefficient (Wildman–Crippen LogP) is 9.19. The minimum absolute atomic E-state index is 0.124. The van der Waals surface area contributed by atoms with E-state index in [0.717, 1.165) is 44.4 Å². The number of ether oxygens (including phenoxy) is 2. The van der Waals surface area contributed by atoms with Gasteiger partial charge in [-0.25, -0.2) is 13.8 Å². The molecule has 3 heterocycles. The molecule has 0 amide bonds. The second-order valence-corrected chi connectivity index (χ2v) is 12.2. The Hall–Kier alpha value is -2.15. The first kappa shape index (κ1) is 29.3. The molecule has 3 unspecified atom stereocenters. The molecule has 40 heavy (non-hydrogen) atoms. The molecule has 4 nitrogen and oxygen atoms in total. The van der Waals surface area contributed by atoms with Crippen LogP contribution in [-0.2, 0) is 17.1 Å². The first-order chi connectivity index (χ1) is 19.5. The average molecular weight is 559 g/mol. The van der Waals surface area contributed by atoms with Crippen LogP contribution in [0.5, 0.6) is 5.75 Å². The molecular formula is C33H45F3N2O2. The Labute approximate surface area is 237 Å². The zero-order valence-electron chi connectivity index (χ0n) is 24.0. The molecule has 0 N–H and O–H groups in total. The van der Waals surface area contributed by atoms with Gasteiger partial charge in [-0.05, 0) is 55.4 Å². The van der Waals surface area contributed by atoms with Crippen molar-refractivity contribution < 1.29 is 22.6 Å². The van der Waals surface area contributed by atoms with Crippen molar-refractivity contribution in [2.24, 2.45) is 11.8 Å². The molecule has 2 fully saturated rings. The molecule has 7 heteroatoms. The highest BCUT2D eigenvalue weighted by atomic mass is 19.3. The van der Waals surface area contributed by atoms with Crippen LogP contribution in [0.3, 0.4) is 0 Å². The van der Waals surface area contributed by atoms with Gasteiger partial charge in [0, 0.05) is 5.92 Å². The van der Waals surface area contributed by atoms with Crippen LogP contribution in [0.15, 0.2) is 24.4 Å². The Bertz CT molecular complexity index is 1090. The molecule has 5 rings (SSSR count). The maximum atomic E-state index is 15.4. The molecule has 2 aromatic heterocycles. The molecule has 0 radical (unpaired) electrons. The average Bonchev–Trinajstić information content (AvgIpc) is 3.87. The van der Waals surface area contributed by atoms with Crippen molar-refractivity contribution in [3.63, 3.8) is 0 Å². The number of nitrogens with zero attached hydrogens (tertiary/aromatic N) is 2. The lowest BCUT2D eigenvalue weighted by atomic mass is 9.78. The van der Waals surface area contributed by atoms with Crippen LogP contribution in [0, 0.1) is 17.8 Å². The fourth-order valence-corrected chi connectivity index (χ4v) is 6.18. The summed E-state index contributed by atoms with van der Waals surface area (Å²) in [5.41, 5.74) is 0.557. The SMILES string of the molecule is CCCCC1OC1COc1ccc(-c2cc3c(c(F)n2)C(F)(F)C(CCCCCCCCCC2CC2)CC3)nc1. The number of epoxide rings is 1. The Morgan fingerprint density at radius 3 is 2.35 bits per heavy atom. The maximum absolute atomic E-state index is 15.4. The molecule has 0 bridgehead atoms. The third-order valence-corrected chi connectivity index (χ3v) is 8.97. The van der Waals surface area contributed by atoms with Gasteiger partial charge in [0.15, 0.2) is 0 Å². The van der Waals surface area contributed by atoms with Crippen molar-refractivity contribution in [1.29, 1.82) is 0 Å². The van der Waals surface area contributed by atoms with Gasteiger partial charge in [-0.1, -0.05) is 84.0 Å². The predicted molar refractivity (Wildman–Crippen MR) is 151 cm³/mol. The van der Waals surface area contributed by atoms with Gasteiger partial charge in [0.05, 0.1) is 29.3 Å². The summed E-state index contributed by atoms with van der Waals surface area (Å²) in [6, 6.07) is 5.04. The molecule has 2 aromatic rings. The van der Waals surface area contributed by atoms with Gasteiger partial charge in [0.1, 0.15) is 18.5 Å². The van der Waals surface area contributed by atoms with Crippen LogP contribution in [0.2, 0.25) is 0 Å². The highest BCUT2D eigenvalue weighted by Crippen LogP contribution is 2.48. The summed E-state index contributed by atoms with van der Waals surface area (Å²) < 4.78 is 57.3. The monoisotopic (exact) mass is 558 g/mol. The second-order valence-electron chi connectivity index (χ2n) is 12.2. The fourth-order valence-electron chi connectivity index (χ4n) is 6.18. The van der Waals surface area contributed by atoms with Crippen molar-refractivity contribution >= 4 is 0 Å². The van der Waals surface area contributed by atoms with E-state index >= 15 is 13.2 Å². The largest absolute Gasteiger partial charge is 0.489 e. The lowest BCUT2D eigenvalue weighted by molar-refractivity contribution is -0.0824. The van der Waals surface area contributed by atoms with E-state index < -0.39 is 23.4 Å². The van der Waals surface area contributed by atoms with E-state index in [2.05, 4.69) is 16.9 Å². The van der Waals surface area contributed by atoms with E-state index in [1.165, 1.54) is 44.9 Å². The van der Waals surface area contributed by atoms with Crippen LogP contribution in [0.25, 0.3) is 11.4 Å². The summed E-state index contributed by atoms with van der Waals surface area (Å²) in [7, 11) is 0. The summed E-state index contributed by atoms with van der Waals surface area (Å²) in [5, 5.41) is 0. The molecule has 3 aliphatic rings. The first-order valence-corrected chi connectivity index (χ1v) is 15.8. The molecule has 0 aromatic carbocycles. The van der Waals surface area contributed by atoms with E-state index in [0.29, 0.717) is 42.9 Å². The highest BCUT2D eigenvalue weighted by molar-refractivity contribution is 5.57. The zero-order chi connectivity index (χ0) is 28.0. The van der Waals surface area contributed by atoms with E-state index in [1.807, 2.05) is 0 Å². The van der Waals surface area contributed by atoms with Crippen LogP contribution >= 0.6 is 0 Å². The van der Waals surface area contributed by atoms with E-state index in [4.69, 9.17) is 9.47 Å². The molecular weight excluding hydrogens is 513 g/mol. The lowest BCUT2D eigenvalue weighted by Gasteiger charge is -2.33. The number of hydrogen-bond donors (Lipinski definition) is 0. The summed E-state index contributed by atoms with van der Waals surface area (Å²) in [6.07, 6.45) is 18.7. The number of fused-ring (bicyclic) bond motifs is 1. The van der Waals surface area contributed by atoms with E-state index in [-0.39, 0.29) is 17.9 Å².